The molecule has 120 valence electrons. The lowest BCUT2D eigenvalue weighted by Crippen LogP contribution is -2.49. The van der Waals surface area contributed by atoms with Crippen molar-refractivity contribution in [3.8, 4) is 0 Å². The van der Waals surface area contributed by atoms with Crippen molar-refractivity contribution in [2.45, 2.75) is 38.7 Å². The topological polar surface area (TPSA) is 65.5 Å². The molecule has 2 fully saturated rings. The Bertz CT molecular complexity index is 536. The molecule has 2 heterocycles. The van der Waals surface area contributed by atoms with Crippen molar-refractivity contribution in [3.63, 3.8) is 0 Å². The molecule has 0 radical (unpaired) electrons. The third-order valence-electron chi connectivity index (χ3n) is 5.29. The van der Waals surface area contributed by atoms with E-state index < -0.39 is 5.60 Å². The fraction of sp³-hybridized carbons (Fsp3) is 0.647. The standard InChI is InChI=1S/C17H25N3O2/c1-16(2)10-14(16)12-19-15(21)20-8-5-17(22,6-9-20)13-4-3-7-18-11-13/h3-4,7,11,14,22H,5-6,8-10,12H2,1-2H3,(H,19,21)/t14-/m0/s1. The summed E-state index contributed by atoms with van der Waals surface area (Å²) in [6.45, 7) is 6.38. The van der Waals surface area contributed by atoms with Crippen molar-refractivity contribution in [3.05, 3.63) is 30.1 Å². The highest BCUT2D eigenvalue weighted by molar-refractivity contribution is 5.74. The molecule has 1 aromatic rings. The van der Waals surface area contributed by atoms with Gasteiger partial charge in [-0.2, -0.15) is 0 Å². The van der Waals surface area contributed by atoms with E-state index in [1.165, 1.54) is 6.42 Å². The number of aromatic nitrogens is 1. The van der Waals surface area contributed by atoms with Gasteiger partial charge in [0, 0.05) is 37.6 Å². The molecule has 3 rings (SSSR count). The first kappa shape index (κ1) is 15.3. The molecule has 0 spiro atoms. The fourth-order valence-electron chi connectivity index (χ4n) is 3.25. The summed E-state index contributed by atoms with van der Waals surface area (Å²) in [6.07, 6.45) is 5.72. The number of piperidine rings is 1. The van der Waals surface area contributed by atoms with Crippen LogP contribution in [-0.4, -0.2) is 40.7 Å². The lowest BCUT2D eigenvalue weighted by Gasteiger charge is -2.38. The Morgan fingerprint density at radius 3 is 2.68 bits per heavy atom. The van der Waals surface area contributed by atoms with Crippen molar-refractivity contribution in [2.75, 3.05) is 19.6 Å². The second-order valence-corrected chi connectivity index (χ2v) is 7.34. The number of pyridine rings is 1. The van der Waals surface area contributed by atoms with E-state index in [4.69, 9.17) is 0 Å². The maximum atomic E-state index is 12.2. The summed E-state index contributed by atoms with van der Waals surface area (Å²) < 4.78 is 0. The molecule has 0 unspecified atom stereocenters. The summed E-state index contributed by atoms with van der Waals surface area (Å²) in [7, 11) is 0. The number of rotatable bonds is 3. The highest BCUT2D eigenvalue weighted by atomic mass is 16.3. The minimum atomic E-state index is -0.858. The molecule has 0 aromatic carbocycles. The highest BCUT2D eigenvalue weighted by Gasteiger charge is 2.45. The number of nitrogens with one attached hydrogen (secondary N) is 1. The second-order valence-electron chi connectivity index (χ2n) is 7.34. The maximum Gasteiger partial charge on any atom is 0.317 e. The number of urea groups is 1. The Labute approximate surface area is 131 Å². The number of carbonyl (C=O) groups excluding carboxylic acids is 1. The first-order chi connectivity index (χ1) is 10.4. The van der Waals surface area contributed by atoms with Gasteiger partial charge in [-0.3, -0.25) is 4.98 Å². The zero-order valence-electron chi connectivity index (χ0n) is 13.4. The number of likely N-dealkylation sites (tertiary alicyclic amines) is 1. The van der Waals surface area contributed by atoms with Gasteiger partial charge in [-0.1, -0.05) is 19.9 Å². The summed E-state index contributed by atoms with van der Waals surface area (Å²) in [6, 6.07) is 3.73. The fourth-order valence-corrected chi connectivity index (χ4v) is 3.25. The predicted molar refractivity (Wildman–Crippen MR) is 84.2 cm³/mol. The van der Waals surface area contributed by atoms with Gasteiger partial charge < -0.3 is 15.3 Å². The average molecular weight is 303 g/mol. The van der Waals surface area contributed by atoms with Gasteiger partial charge in [-0.25, -0.2) is 4.79 Å². The van der Waals surface area contributed by atoms with E-state index in [1.54, 1.807) is 17.3 Å². The molecule has 22 heavy (non-hydrogen) atoms. The first-order valence-corrected chi connectivity index (χ1v) is 8.06. The molecule has 0 bridgehead atoms. The van der Waals surface area contributed by atoms with Crippen molar-refractivity contribution in [1.82, 2.24) is 15.2 Å². The number of hydrogen-bond donors (Lipinski definition) is 2. The Kier molecular flexibility index (Phi) is 3.85. The molecule has 1 saturated carbocycles. The van der Waals surface area contributed by atoms with Crippen LogP contribution in [0.5, 0.6) is 0 Å². The summed E-state index contributed by atoms with van der Waals surface area (Å²) in [5, 5.41) is 13.8. The molecule has 5 heteroatoms. The first-order valence-electron chi connectivity index (χ1n) is 8.06. The minimum Gasteiger partial charge on any atom is -0.385 e. The molecule has 1 atom stereocenters. The van der Waals surface area contributed by atoms with Gasteiger partial charge >= 0.3 is 6.03 Å². The van der Waals surface area contributed by atoms with Crippen molar-refractivity contribution < 1.29 is 9.90 Å². The van der Waals surface area contributed by atoms with Crippen LogP contribution in [0.1, 0.15) is 38.7 Å². The molecule has 5 nitrogen and oxygen atoms in total. The SMILES string of the molecule is CC1(C)C[C@H]1CNC(=O)N1CCC(O)(c2cccnc2)CC1. The number of amides is 2. The minimum absolute atomic E-state index is 0.00376. The third kappa shape index (κ3) is 3.09. The maximum absolute atomic E-state index is 12.2. The van der Waals surface area contributed by atoms with Gasteiger partial charge in [0.1, 0.15) is 0 Å². The van der Waals surface area contributed by atoms with Crippen LogP contribution in [0.3, 0.4) is 0 Å². The molecule has 2 N–H and O–H groups in total. The van der Waals surface area contributed by atoms with E-state index in [0.717, 1.165) is 12.1 Å². The summed E-state index contributed by atoms with van der Waals surface area (Å²) in [5.74, 6) is 0.605. The second kappa shape index (κ2) is 5.54. The van der Waals surface area contributed by atoms with Crippen LogP contribution in [0.15, 0.2) is 24.5 Å². The average Bonchev–Trinajstić information content (AvgIpc) is 3.14. The lowest BCUT2D eigenvalue weighted by molar-refractivity contribution is -0.0170. The Morgan fingerprint density at radius 2 is 2.14 bits per heavy atom. The van der Waals surface area contributed by atoms with Crippen LogP contribution in [0.4, 0.5) is 4.79 Å². The number of hydrogen-bond acceptors (Lipinski definition) is 3. The Balaban J connectivity index is 1.50. The van der Waals surface area contributed by atoms with Crippen LogP contribution < -0.4 is 5.32 Å². The lowest BCUT2D eigenvalue weighted by atomic mass is 9.85. The van der Waals surface area contributed by atoms with Crippen LogP contribution >= 0.6 is 0 Å². The smallest absolute Gasteiger partial charge is 0.317 e. The van der Waals surface area contributed by atoms with Crippen LogP contribution in [0, 0.1) is 11.3 Å². The van der Waals surface area contributed by atoms with Gasteiger partial charge in [0.25, 0.3) is 0 Å². The van der Waals surface area contributed by atoms with E-state index >= 15 is 0 Å². The van der Waals surface area contributed by atoms with Crippen molar-refractivity contribution in [2.24, 2.45) is 11.3 Å². The van der Waals surface area contributed by atoms with Gasteiger partial charge in [-0.15, -0.1) is 0 Å². The zero-order chi connectivity index (χ0) is 15.8. The molecule has 2 amide bonds. The van der Waals surface area contributed by atoms with Gasteiger partial charge in [0.05, 0.1) is 5.60 Å². The molecule has 1 aromatic heterocycles. The van der Waals surface area contributed by atoms with Crippen LogP contribution in [-0.2, 0) is 5.60 Å². The number of aliphatic hydroxyl groups is 1. The molecule has 1 aliphatic heterocycles. The van der Waals surface area contributed by atoms with Gasteiger partial charge in [0.2, 0.25) is 0 Å². The summed E-state index contributed by atoms with van der Waals surface area (Å²) in [4.78, 5) is 18.1. The van der Waals surface area contributed by atoms with Crippen LogP contribution in [0.25, 0.3) is 0 Å². The Hall–Kier alpha value is -1.62. The molecular formula is C17H25N3O2. The quantitative estimate of drug-likeness (QED) is 0.899. The van der Waals surface area contributed by atoms with Crippen molar-refractivity contribution >= 4 is 6.03 Å². The predicted octanol–water partition coefficient (Wildman–Crippen LogP) is 2.12. The third-order valence-corrected chi connectivity index (χ3v) is 5.29. The van der Waals surface area contributed by atoms with E-state index in [2.05, 4.69) is 24.1 Å². The summed E-state index contributed by atoms with van der Waals surface area (Å²) in [5.41, 5.74) is 0.369. The molecule has 2 aliphatic rings. The van der Waals surface area contributed by atoms with E-state index in [1.807, 2.05) is 12.1 Å². The number of carbonyl (C=O) groups is 1. The normalized spacial score (nSPS) is 25.6. The zero-order valence-corrected chi connectivity index (χ0v) is 13.4. The van der Waals surface area contributed by atoms with Gasteiger partial charge in [0.15, 0.2) is 0 Å². The largest absolute Gasteiger partial charge is 0.385 e. The van der Waals surface area contributed by atoms with E-state index in [0.29, 0.717) is 37.3 Å². The number of nitrogens with zero attached hydrogens (tertiary/aromatic N) is 2. The molecule has 1 saturated heterocycles. The van der Waals surface area contributed by atoms with Gasteiger partial charge in [-0.05, 0) is 36.7 Å². The van der Waals surface area contributed by atoms with Crippen molar-refractivity contribution in [1.29, 1.82) is 0 Å². The van der Waals surface area contributed by atoms with Crippen LogP contribution in [0.2, 0.25) is 0 Å². The highest BCUT2D eigenvalue weighted by Crippen LogP contribution is 2.51. The van der Waals surface area contributed by atoms with E-state index in [9.17, 15) is 9.90 Å². The Morgan fingerprint density at radius 1 is 1.45 bits per heavy atom. The van der Waals surface area contributed by atoms with E-state index in [-0.39, 0.29) is 6.03 Å². The monoisotopic (exact) mass is 303 g/mol. The molecule has 1 aliphatic carbocycles. The molecular weight excluding hydrogens is 278 g/mol. The summed E-state index contributed by atoms with van der Waals surface area (Å²) >= 11 is 0.